The van der Waals surface area contributed by atoms with Crippen LogP contribution in [0.3, 0.4) is 0 Å². The summed E-state index contributed by atoms with van der Waals surface area (Å²) in [5, 5.41) is 15.4. The third-order valence-corrected chi connectivity index (χ3v) is 4.62. The fourth-order valence-corrected chi connectivity index (χ4v) is 3.40. The smallest absolute Gasteiger partial charge is 0.315 e. The molecule has 0 bridgehead atoms. The Hall–Kier alpha value is -0.810. The summed E-state index contributed by atoms with van der Waals surface area (Å²) < 4.78 is 0. The number of piperidine rings is 1. The molecule has 2 fully saturated rings. The topological polar surface area (TPSA) is 64.6 Å². The minimum absolute atomic E-state index is 0.154. The predicted octanol–water partition coefficient (Wildman–Crippen LogP) is 1.85. The molecule has 1 saturated heterocycles. The Morgan fingerprint density at radius 3 is 2.33 bits per heavy atom. The summed E-state index contributed by atoms with van der Waals surface area (Å²) in [7, 11) is 0. The number of likely N-dealkylation sites (tertiary alicyclic amines) is 1. The monoisotopic (exact) mass is 297 g/mol. The van der Waals surface area contributed by atoms with E-state index in [0.717, 1.165) is 18.9 Å². The molecule has 5 heteroatoms. The zero-order valence-electron chi connectivity index (χ0n) is 13.5. The Labute approximate surface area is 128 Å². The first kappa shape index (κ1) is 16.6. The van der Waals surface area contributed by atoms with Crippen molar-refractivity contribution in [1.29, 1.82) is 0 Å². The van der Waals surface area contributed by atoms with E-state index in [1.807, 2.05) is 0 Å². The first-order chi connectivity index (χ1) is 9.94. The highest BCUT2D eigenvalue weighted by molar-refractivity contribution is 5.74. The molecule has 0 aromatic carbocycles. The van der Waals surface area contributed by atoms with E-state index >= 15 is 0 Å². The molecule has 2 rings (SSSR count). The van der Waals surface area contributed by atoms with Crippen molar-refractivity contribution in [2.24, 2.45) is 0 Å². The van der Waals surface area contributed by atoms with Gasteiger partial charge in [-0.2, -0.15) is 0 Å². The van der Waals surface area contributed by atoms with Crippen LogP contribution in [0.4, 0.5) is 4.79 Å². The number of carbonyl (C=O) groups excluding carboxylic acids is 1. The molecule has 1 saturated carbocycles. The van der Waals surface area contributed by atoms with E-state index in [-0.39, 0.29) is 18.6 Å². The van der Waals surface area contributed by atoms with Gasteiger partial charge in [-0.05, 0) is 65.5 Å². The van der Waals surface area contributed by atoms with Gasteiger partial charge in [0.2, 0.25) is 0 Å². The summed E-state index contributed by atoms with van der Waals surface area (Å²) >= 11 is 0. The first-order valence-electron chi connectivity index (χ1n) is 8.45. The van der Waals surface area contributed by atoms with Crippen LogP contribution >= 0.6 is 0 Å². The molecule has 0 aromatic heterocycles. The van der Waals surface area contributed by atoms with Gasteiger partial charge in [0, 0.05) is 18.6 Å². The van der Waals surface area contributed by atoms with E-state index in [1.54, 1.807) is 13.8 Å². The largest absolute Gasteiger partial charge is 0.389 e. The summed E-state index contributed by atoms with van der Waals surface area (Å²) in [6, 6.07) is 0.856. The standard InChI is InChI=1S/C16H31N3O2/c1-16(2,21)12-17-15(20)18-13-6-8-14(9-7-13)19-10-4-3-5-11-19/h13-14,21H,3-12H2,1-2H3,(H2,17,18,20). The number of nitrogens with zero attached hydrogens (tertiary/aromatic N) is 1. The Bertz CT molecular complexity index is 327. The van der Waals surface area contributed by atoms with Crippen molar-refractivity contribution in [1.82, 2.24) is 15.5 Å². The van der Waals surface area contributed by atoms with E-state index < -0.39 is 5.60 Å². The Kier molecular flexibility index (Phi) is 5.88. The van der Waals surface area contributed by atoms with E-state index in [1.165, 1.54) is 45.2 Å². The summed E-state index contributed by atoms with van der Waals surface area (Å²) in [6.07, 6.45) is 8.59. The zero-order chi connectivity index (χ0) is 15.3. The molecule has 1 heterocycles. The fraction of sp³-hybridized carbons (Fsp3) is 0.938. The van der Waals surface area contributed by atoms with E-state index in [9.17, 15) is 9.90 Å². The van der Waals surface area contributed by atoms with Gasteiger partial charge in [0.1, 0.15) is 0 Å². The van der Waals surface area contributed by atoms with Crippen LogP contribution in [-0.2, 0) is 0 Å². The summed E-state index contributed by atoms with van der Waals surface area (Å²) in [6.45, 7) is 6.18. The van der Waals surface area contributed by atoms with Crippen LogP contribution < -0.4 is 10.6 Å². The van der Waals surface area contributed by atoms with Crippen LogP contribution in [0.25, 0.3) is 0 Å². The van der Waals surface area contributed by atoms with Crippen LogP contribution in [0.5, 0.6) is 0 Å². The molecule has 2 aliphatic rings. The maximum absolute atomic E-state index is 11.8. The van der Waals surface area contributed by atoms with Crippen molar-refractivity contribution in [3.8, 4) is 0 Å². The second-order valence-electron chi connectivity index (χ2n) is 7.24. The van der Waals surface area contributed by atoms with Gasteiger partial charge in [-0.25, -0.2) is 4.79 Å². The van der Waals surface area contributed by atoms with E-state index in [4.69, 9.17) is 0 Å². The van der Waals surface area contributed by atoms with Crippen molar-refractivity contribution in [3.05, 3.63) is 0 Å². The molecular weight excluding hydrogens is 266 g/mol. The van der Waals surface area contributed by atoms with Crippen LogP contribution in [0.2, 0.25) is 0 Å². The van der Waals surface area contributed by atoms with Crippen LogP contribution in [0.1, 0.15) is 58.8 Å². The number of nitrogens with one attached hydrogen (secondary N) is 2. The molecule has 1 aliphatic carbocycles. The summed E-state index contributed by atoms with van der Waals surface area (Å²) in [5.41, 5.74) is -0.858. The van der Waals surface area contributed by atoms with Crippen molar-refractivity contribution < 1.29 is 9.90 Å². The third-order valence-electron chi connectivity index (χ3n) is 4.62. The number of hydrogen-bond donors (Lipinski definition) is 3. The van der Waals surface area contributed by atoms with Crippen molar-refractivity contribution in [2.75, 3.05) is 19.6 Å². The van der Waals surface area contributed by atoms with E-state index in [2.05, 4.69) is 15.5 Å². The molecule has 0 aromatic rings. The molecule has 1 aliphatic heterocycles. The van der Waals surface area contributed by atoms with Gasteiger partial charge in [-0.3, -0.25) is 0 Å². The summed E-state index contributed by atoms with van der Waals surface area (Å²) in [5.74, 6) is 0. The lowest BCUT2D eigenvalue weighted by atomic mass is 9.89. The van der Waals surface area contributed by atoms with Gasteiger partial charge < -0.3 is 20.6 Å². The first-order valence-corrected chi connectivity index (χ1v) is 8.45. The minimum Gasteiger partial charge on any atom is -0.389 e. The lowest BCUT2D eigenvalue weighted by molar-refractivity contribution is 0.0813. The SMILES string of the molecule is CC(C)(O)CNC(=O)NC1CCC(N2CCCCC2)CC1. The van der Waals surface area contributed by atoms with Gasteiger partial charge in [0.15, 0.2) is 0 Å². The Morgan fingerprint density at radius 1 is 1.14 bits per heavy atom. The maximum Gasteiger partial charge on any atom is 0.315 e. The number of hydrogen-bond acceptors (Lipinski definition) is 3. The molecule has 0 spiro atoms. The molecule has 3 N–H and O–H groups in total. The fourth-order valence-electron chi connectivity index (χ4n) is 3.40. The molecule has 5 nitrogen and oxygen atoms in total. The molecule has 0 atom stereocenters. The van der Waals surface area contributed by atoms with Gasteiger partial charge in [-0.1, -0.05) is 6.42 Å². The number of rotatable bonds is 4. The van der Waals surface area contributed by atoms with Gasteiger partial charge in [-0.15, -0.1) is 0 Å². The predicted molar refractivity (Wildman–Crippen MR) is 84.3 cm³/mol. The van der Waals surface area contributed by atoms with Crippen LogP contribution in [-0.4, -0.2) is 53.4 Å². The highest BCUT2D eigenvalue weighted by Crippen LogP contribution is 2.25. The second-order valence-corrected chi connectivity index (χ2v) is 7.24. The Balaban J connectivity index is 1.65. The van der Waals surface area contributed by atoms with E-state index in [0.29, 0.717) is 0 Å². The second kappa shape index (κ2) is 7.45. The molecule has 122 valence electrons. The number of urea groups is 1. The summed E-state index contributed by atoms with van der Waals surface area (Å²) in [4.78, 5) is 14.4. The molecule has 0 radical (unpaired) electrons. The number of carbonyl (C=O) groups is 1. The molecular formula is C16H31N3O2. The van der Waals surface area contributed by atoms with Crippen LogP contribution in [0, 0.1) is 0 Å². The van der Waals surface area contributed by atoms with Crippen molar-refractivity contribution in [3.63, 3.8) is 0 Å². The normalized spacial score (nSPS) is 28.1. The average Bonchev–Trinajstić information content (AvgIpc) is 2.46. The highest BCUT2D eigenvalue weighted by Gasteiger charge is 2.27. The van der Waals surface area contributed by atoms with Crippen molar-refractivity contribution in [2.45, 2.75) is 76.5 Å². The average molecular weight is 297 g/mol. The molecule has 2 amide bonds. The lowest BCUT2D eigenvalue weighted by Gasteiger charge is -2.39. The lowest BCUT2D eigenvalue weighted by Crippen LogP contribution is -2.49. The number of amides is 2. The minimum atomic E-state index is -0.858. The van der Waals surface area contributed by atoms with Crippen molar-refractivity contribution >= 4 is 6.03 Å². The quantitative estimate of drug-likeness (QED) is 0.742. The maximum atomic E-state index is 11.8. The third kappa shape index (κ3) is 5.83. The molecule has 21 heavy (non-hydrogen) atoms. The highest BCUT2D eigenvalue weighted by atomic mass is 16.3. The van der Waals surface area contributed by atoms with Gasteiger partial charge >= 0.3 is 6.03 Å². The van der Waals surface area contributed by atoms with Gasteiger partial charge in [0.05, 0.1) is 5.60 Å². The van der Waals surface area contributed by atoms with Crippen LogP contribution in [0.15, 0.2) is 0 Å². The Morgan fingerprint density at radius 2 is 1.76 bits per heavy atom. The van der Waals surface area contributed by atoms with Gasteiger partial charge in [0.25, 0.3) is 0 Å². The number of aliphatic hydroxyl groups is 1. The molecule has 0 unspecified atom stereocenters. The zero-order valence-corrected chi connectivity index (χ0v) is 13.5.